The zero-order valence-electron chi connectivity index (χ0n) is 13.7. The monoisotopic (exact) mass is 404 g/mol. The van der Waals surface area contributed by atoms with Crippen LogP contribution in [0.1, 0.15) is 36.5 Å². The lowest BCUT2D eigenvalue weighted by atomic mass is 9.91. The zero-order chi connectivity index (χ0) is 19.0. The third-order valence-electron chi connectivity index (χ3n) is 3.96. The van der Waals surface area contributed by atoms with E-state index in [1.165, 1.54) is 19.1 Å². The lowest BCUT2D eigenvalue weighted by Gasteiger charge is -2.18. The molecule has 0 saturated carbocycles. The van der Waals surface area contributed by atoms with Crippen LogP contribution in [0.4, 0.5) is 0 Å². The molecule has 0 heterocycles. The van der Waals surface area contributed by atoms with Crippen LogP contribution in [0.25, 0.3) is 0 Å². The molecule has 0 unspecified atom stereocenters. The summed E-state index contributed by atoms with van der Waals surface area (Å²) in [5.74, 6) is -1.54. The van der Waals surface area contributed by atoms with Gasteiger partial charge in [-0.25, -0.2) is 16.8 Å². The number of sulfone groups is 2. The van der Waals surface area contributed by atoms with Crippen LogP contribution in [-0.4, -0.2) is 40.4 Å². The number of allylic oxidation sites excluding steroid dienone is 2. The largest absolute Gasteiger partial charge is 0.294 e. The fraction of sp³-hybridized carbons (Fsp3) is 0.375. The summed E-state index contributed by atoms with van der Waals surface area (Å²) in [6.07, 6.45) is 1.58. The molecule has 0 atom stereocenters. The van der Waals surface area contributed by atoms with Gasteiger partial charge in [-0.2, -0.15) is 0 Å². The summed E-state index contributed by atoms with van der Waals surface area (Å²) < 4.78 is 47.6. The average molecular weight is 405 g/mol. The molecule has 1 aliphatic rings. The van der Waals surface area contributed by atoms with Gasteiger partial charge in [-0.15, -0.1) is 0 Å². The molecule has 1 aliphatic carbocycles. The van der Waals surface area contributed by atoms with Crippen molar-refractivity contribution in [2.45, 2.75) is 31.1 Å². The second-order valence-corrected chi connectivity index (χ2v) is 10.4. The second-order valence-electron chi connectivity index (χ2n) is 5.72. The highest BCUT2D eigenvalue weighted by Gasteiger charge is 2.33. The third-order valence-corrected chi connectivity index (χ3v) is 7.30. The zero-order valence-corrected chi connectivity index (χ0v) is 16.1. The number of ketones is 2. The Morgan fingerprint density at radius 2 is 1.80 bits per heavy atom. The fourth-order valence-corrected chi connectivity index (χ4v) is 4.90. The molecule has 25 heavy (non-hydrogen) atoms. The highest BCUT2D eigenvalue weighted by molar-refractivity contribution is 7.95. The summed E-state index contributed by atoms with van der Waals surface area (Å²) in [6, 6.07) is 3.52. The van der Waals surface area contributed by atoms with Gasteiger partial charge in [0.1, 0.15) is 0 Å². The van der Waals surface area contributed by atoms with Crippen LogP contribution in [0, 0.1) is 0 Å². The minimum atomic E-state index is -3.70. The number of Topliss-reactive ketones (excluding diaryl/α,β-unsaturated/α-hetero) is 2. The molecule has 2 rings (SSSR count). The van der Waals surface area contributed by atoms with E-state index in [2.05, 4.69) is 0 Å². The Kier molecular flexibility index (Phi) is 5.56. The van der Waals surface area contributed by atoms with Crippen LogP contribution in [0.3, 0.4) is 0 Å². The van der Waals surface area contributed by atoms with Crippen molar-refractivity contribution < 1.29 is 26.4 Å². The Labute approximate surface area is 151 Å². The fourth-order valence-electron chi connectivity index (χ4n) is 2.60. The molecule has 0 amide bonds. The maximum absolute atomic E-state index is 12.8. The minimum absolute atomic E-state index is 0.0700. The van der Waals surface area contributed by atoms with Crippen molar-refractivity contribution in [1.82, 2.24) is 0 Å². The Bertz CT molecular complexity index is 987. The predicted octanol–water partition coefficient (Wildman–Crippen LogP) is 2.37. The molecule has 1 aromatic rings. The van der Waals surface area contributed by atoms with E-state index in [1.54, 1.807) is 0 Å². The molecule has 0 N–H and O–H groups in total. The number of carbonyl (C=O) groups excluding carboxylic acids is 2. The van der Waals surface area contributed by atoms with Gasteiger partial charge in [-0.3, -0.25) is 9.59 Å². The first-order chi connectivity index (χ1) is 11.5. The number of hydrogen-bond donors (Lipinski definition) is 0. The van der Waals surface area contributed by atoms with E-state index in [1.807, 2.05) is 0 Å². The molecule has 6 nitrogen and oxygen atoms in total. The smallest absolute Gasteiger partial charge is 0.199 e. The van der Waals surface area contributed by atoms with E-state index in [9.17, 15) is 26.4 Å². The van der Waals surface area contributed by atoms with Gasteiger partial charge in [0.05, 0.1) is 26.1 Å². The number of hydrogen-bond acceptors (Lipinski definition) is 6. The standard InChI is InChI=1S/C16H17ClO6S2/c1-3-25(22,23)14-6-4-5-13(18)15(14)16(19)11-8-7-10(9-12(11)17)24(2,20)21/h7-9H,3-6H2,1-2H3. The van der Waals surface area contributed by atoms with Crippen molar-refractivity contribution in [3.8, 4) is 0 Å². The van der Waals surface area contributed by atoms with Crippen LogP contribution < -0.4 is 0 Å². The third kappa shape index (κ3) is 4.02. The van der Waals surface area contributed by atoms with E-state index < -0.39 is 31.2 Å². The number of rotatable bonds is 5. The normalized spacial score (nSPS) is 16.2. The van der Waals surface area contributed by atoms with Gasteiger partial charge in [0.2, 0.25) is 0 Å². The summed E-state index contributed by atoms with van der Waals surface area (Å²) in [4.78, 5) is 24.8. The second kappa shape index (κ2) is 7.01. The van der Waals surface area contributed by atoms with Gasteiger partial charge in [-0.05, 0) is 31.0 Å². The summed E-state index contributed by atoms with van der Waals surface area (Å²) >= 11 is 6.02. The first kappa shape index (κ1) is 19.8. The van der Waals surface area contributed by atoms with E-state index in [-0.39, 0.29) is 44.6 Å². The van der Waals surface area contributed by atoms with Crippen molar-refractivity contribution in [3.05, 3.63) is 39.3 Å². The molecule has 0 bridgehead atoms. The molecule has 0 spiro atoms. The molecule has 136 valence electrons. The maximum Gasteiger partial charge on any atom is 0.199 e. The van der Waals surface area contributed by atoms with Gasteiger partial charge < -0.3 is 0 Å². The van der Waals surface area contributed by atoms with E-state index >= 15 is 0 Å². The molecule has 0 saturated heterocycles. The van der Waals surface area contributed by atoms with E-state index in [0.717, 1.165) is 12.3 Å². The van der Waals surface area contributed by atoms with Crippen LogP contribution in [0.15, 0.2) is 33.6 Å². The highest BCUT2D eigenvalue weighted by Crippen LogP contribution is 2.31. The lowest BCUT2D eigenvalue weighted by molar-refractivity contribution is -0.115. The van der Waals surface area contributed by atoms with Crippen LogP contribution in [0.5, 0.6) is 0 Å². The van der Waals surface area contributed by atoms with Gasteiger partial charge in [0.25, 0.3) is 0 Å². The van der Waals surface area contributed by atoms with Crippen LogP contribution in [0.2, 0.25) is 5.02 Å². The summed E-state index contributed by atoms with van der Waals surface area (Å²) in [5.41, 5.74) is -0.453. The first-order valence-electron chi connectivity index (χ1n) is 7.52. The number of benzene rings is 1. The molecule has 0 aliphatic heterocycles. The Morgan fingerprint density at radius 3 is 2.32 bits per heavy atom. The topological polar surface area (TPSA) is 102 Å². The first-order valence-corrected chi connectivity index (χ1v) is 11.4. The van der Waals surface area contributed by atoms with Crippen molar-refractivity contribution in [1.29, 1.82) is 0 Å². The quantitative estimate of drug-likeness (QED) is 0.551. The van der Waals surface area contributed by atoms with E-state index in [4.69, 9.17) is 11.6 Å². The van der Waals surface area contributed by atoms with Gasteiger partial charge in [0, 0.05) is 18.2 Å². The van der Waals surface area contributed by atoms with Gasteiger partial charge >= 0.3 is 0 Å². The SMILES string of the molecule is CCS(=O)(=O)C1=C(C(=O)c2ccc(S(C)(=O)=O)cc2Cl)C(=O)CCC1. The predicted molar refractivity (Wildman–Crippen MR) is 94.2 cm³/mol. The number of carbonyl (C=O) groups is 2. The van der Waals surface area contributed by atoms with Crippen molar-refractivity contribution in [2.24, 2.45) is 0 Å². The molecule has 0 aromatic heterocycles. The van der Waals surface area contributed by atoms with E-state index in [0.29, 0.717) is 6.42 Å². The Balaban J connectivity index is 2.63. The van der Waals surface area contributed by atoms with Crippen molar-refractivity contribution in [3.63, 3.8) is 0 Å². The molecule has 0 radical (unpaired) electrons. The number of halogens is 1. The van der Waals surface area contributed by atoms with Gasteiger partial charge in [0.15, 0.2) is 31.2 Å². The van der Waals surface area contributed by atoms with Crippen LogP contribution >= 0.6 is 11.6 Å². The van der Waals surface area contributed by atoms with Crippen LogP contribution in [-0.2, 0) is 24.5 Å². The lowest BCUT2D eigenvalue weighted by Crippen LogP contribution is -2.24. The summed E-state index contributed by atoms with van der Waals surface area (Å²) in [6.45, 7) is 1.44. The summed E-state index contributed by atoms with van der Waals surface area (Å²) in [5, 5.41) is -0.146. The minimum Gasteiger partial charge on any atom is -0.294 e. The molecule has 0 fully saturated rings. The van der Waals surface area contributed by atoms with Gasteiger partial charge in [-0.1, -0.05) is 18.5 Å². The molecular formula is C16H17ClO6S2. The van der Waals surface area contributed by atoms with Crippen molar-refractivity contribution in [2.75, 3.05) is 12.0 Å². The molecule has 9 heteroatoms. The summed E-state index contributed by atoms with van der Waals surface area (Å²) in [7, 11) is -7.21. The Morgan fingerprint density at radius 1 is 1.16 bits per heavy atom. The Hall–Kier alpha value is -1.51. The maximum atomic E-state index is 12.8. The average Bonchev–Trinajstić information content (AvgIpc) is 2.53. The highest BCUT2D eigenvalue weighted by atomic mass is 35.5. The van der Waals surface area contributed by atoms with Crippen molar-refractivity contribution >= 4 is 42.8 Å². The molecular weight excluding hydrogens is 388 g/mol. The molecule has 1 aromatic carbocycles.